The van der Waals surface area contributed by atoms with Crippen molar-refractivity contribution >= 4 is 11.6 Å². The molecular weight excluding hydrogens is 316 g/mol. The molecule has 3 rings (SSSR count). The lowest BCUT2D eigenvalue weighted by atomic mass is 10.0. The van der Waals surface area contributed by atoms with E-state index in [9.17, 15) is 9.59 Å². The van der Waals surface area contributed by atoms with Gasteiger partial charge in [-0.05, 0) is 23.3 Å². The molecule has 0 aliphatic rings. The van der Waals surface area contributed by atoms with Crippen LogP contribution in [0.15, 0.2) is 83.8 Å². The number of ether oxygens (including phenoxy) is 1. The third kappa shape index (κ3) is 4.43. The third-order valence-corrected chi connectivity index (χ3v) is 3.68. The van der Waals surface area contributed by atoms with E-state index in [-0.39, 0.29) is 29.9 Å². The van der Waals surface area contributed by atoms with Crippen LogP contribution in [0.4, 0.5) is 5.69 Å². The van der Waals surface area contributed by atoms with Crippen LogP contribution in [0, 0.1) is 0 Å². The van der Waals surface area contributed by atoms with Crippen LogP contribution in [0.3, 0.4) is 0 Å². The largest absolute Gasteiger partial charge is 0.359 e. The summed E-state index contributed by atoms with van der Waals surface area (Å²) in [6.07, 6.45) is 1.15. The molecule has 126 valence electrons. The Bertz CT molecular complexity index is 836. The molecule has 0 aliphatic carbocycles. The third-order valence-electron chi connectivity index (χ3n) is 3.68. The van der Waals surface area contributed by atoms with Crippen LogP contribution >= 0.6 is 0 Å². The Labute approximate surface area is 145 Å². The number of hydrogen-bond donors (Lipinski definition) is 2. The van der Waals surface area contributed by atoms with Crippen LogP contribution in [-0.2, 0) is 9.53 Å². The van der Waals surface area contributed by atoms with Crippen molar-refractivity contribution in [2.75, 3.05) is 11.9 Å². The molecule has 0 spiro atoms. The summed E-state index contributed by atoms with van der Waals surface area (Å²) in [5.74, 6) is -0.381. The second-order valence-electron chi connectivity index (χ2n) is 5.47. The summed E-state index contributed by atoms with van der Waals surface area (Å²) in [4.78, 5) is 26.3. The highest BCUT2D eigenvalue weighted by Crippen LogP contribution is 2.25. The molecule has 1 aromatic heterocycles. The summed E-state index contributed by atoms with van der Waals surface area (Å²) in [6.45, 7) is -0.164. The van der Waals surface area contributed by atoms with E-state index in [1.54, 1.807) is 12.1 Å². The van der Waals surface area contributed by atoms with E-state index < -0.39 is 0 Å². The number of nitrogens with one attached hydrogen (secondary N) is 2. The normalized spacial score (nSPS) is 10.6. The molecule has 5 heteroatoms. The van der Waals surface area contributed by atoms with E-state index in [2.05, 4.69) is 10.3 Å². The lowest BCUT2D eigenvalue weighted by molar-refractivity contribution is -0.121. The van der Waals surface area contributed by atoms with E-state index >= 15 is 0 Å². The van der Waals surface area contributed by atoms with E-state index in [0.717, 1.165) is 11.1 Å². The fourth-order valence-electron chi connectivity index (χ4n) is 2.51. The van der Waals surface area contributed by atoms with Gasteiger partial charge in [0.25, 0.3) is 11.5 Å². The summed E-state index contributed by atoms with van der Waals surface area (Å²) in [6, 6.07) is 22.6. The van der Waals surface area contributed by atoms with Crippen LogP contribution in [0.2, 0.25) is 0 Å². The van der Waals surface area contributed by atoms with Gasteiger partial charge >= 0.3 is 0 Å². The predicted molar refractivity (Wildman–Crippen MR) is 96.4 cm³/mol. The Morgan fingerprint density at radius 1 is 0.920 bits per heavy atom. The molecule has 0 aliphatic heterocycles. The van der Waals surface area contributed by atoms with Gasteiger partial charge in [0, 0.05) is 6.20 Å². The van der Waals surface area contributed by atoms with Crippen LogP contribution in [0.25, 0.3) is 0 Å². The first-order valence-electron chi connectivity index (χ1n) is 7.93. The minimum Gasteiger partial charge on any atom is -0.359 e. The topological polar surface area (TPSA) is 71.2 Å². The second-order valence-corrected chi connectivity index (χ2v) is 5.47. The first kappa shape index (κ1) is 16.7. The Balaban J connectivity index is 1.72. The molecule has 1 heterocycles. The molecule has 2 N–H and O–H groups in total. The predicted octanol–water partition coefficient (Wildman–Crippen LogP) is 3.12. The standard InChI is InChI=1S/C20H18N2O3/c23-18(22-17-12-7-13-21-20(17)24)14-25-19(15-8-3-1-4-9-15)16-10-5-2-6-11-16/h1-13,19H,14H2,(H,21,24)(H,22,23). The number of amides is 1. The maximum absolute atomic E-state index is 12.1. The van der Waals surface area contributed by atoms with Gasteiger partial charge in [-0.15, -0.1) is 0 Å². The van der Waals surface area contributed by atoms with Gasteiger partial charge in [-0.1, -0.05) is 60.7 Å². The van der Waals surface area contributed by atoms with Crippen LogP contribution in [-0.4, -0.2) is 17.5 Å². The van der Waals surface area contributed by atoms with Gasteiger partial charge in [0.1, 0.15) is 18.4 Å². The highest BCUT2D eigenvalue weighted by atomic mass is 16.5. The van der Waals surface area contributed by atoms with E-state index in [1.807, 2.05) is 60.7 Å². The Morgan fingerprint density at radius 3 is 2.08 bits per heavy atom. The summed E-state index contributed by atoms with van der Waals surface area (Å²) >= 11 is 0. The van der Waals surface area contributed by atoms with Crippen LogP contribution < -0.4 is 10.9 Å². The summed E-state index contributed by atoms with van der Waals surface area (Å²) in [7, 11) is 0. The zero-order chi connectivity index (χ0) is 17.5. The quantitative estimate of drug-likeness (QED) is 0.727. The molecule has 0 atom stereocenters. The van der Waals surface area contributed by atoms with Gasteiger partial charge in [-0.3, -0.25) is 9.59 Å². The molecule has 0 unspecified atom stereocenters. The van der Waals surface area contributed by atoms with Crippen molar-refractivity contribution < 1.29 is 9.53 Å². The Kier molecular flexibility index (Phi) is 5.39. The number of anilines is 1. The Hall–Kier alpha value is -3.18. The lowest BCUT2D eigenvalue weighted by Crippen LogP contribution is -2.24. The molecular formula is C20H18N2O3. The summed E-state index contributed by atoms with van der Waals surface area (Å²) in [5, 5.41) is 2.56. The smallest absolute Gasteiger partial charge is 0.271 e. The minimum atomic E-state index is -0.381. The van der Waals surface area contributed by atoms with E-state index in [4.69, 9.17) is 4.74 Å². The lowest BCUT2D eigenvalue weighted by Gasteiger charge is -2.18. The molecule has 25 heavy (non-hydrogen) atoms. The number of rotatable bonds is 6. The molecule has 5 nitrogen and oxygen atoms in total. The van der Waals surface area contributed by atoms with Gasteiger partial charge < -0.3 is 15.0 Å². The highest BCUT2D eigenvalue weighted by Gasteiger charge is 2.16. The number of aromatic nitrogens is 1. The van der Waals surface area contributed by atoms with Crippen molar-refractivity contribution in [1.82, 2.24) is 4.98 Å². The fraction of sp³-hybridized carbons (Fsp3) is 0.100. The van der Waals surface area contributed by atoms with Gasteiger partial charge in [-0.25, -0.2) is 0 Å². The number of H-pyrrole nitrogens is 1. The first-order valence-corrected chi connectivity index (χ1v) is 7.93. The Morgan fingerprint density at radius 2 is 1.52 bits per heavy atom. The van der Waals surface area contributed by atoms with Crippen LogP contribution in [0.5, 0.6) is 0 Å². The molecule has 2 aromatic carbocycles. The maximum Gasteiger partial charge on any atom is 0.271 e. The molecule has 0 radical (unpaired) electrons. The van der Waals surface area contributed by atoms with Crippen molar-refractivity contribution in [3.8, 4) is 0 Å². The number of aromatic amines is 1. The van der Waals surface area contributed by atoms with Gasteiger partial charge in [0.05, 0.1) is 0 Å². The monoisotopic (exact) mass is 334 g/mol. The van der Waals surface area contributed by atoms with Crippen molar-refractivity contribution in [3.05, 3.63) is 100 Å². The fourth-order valence-corrected chi connectivity index (χ4v) is 2.51. The van der Waals surface area contributed by atoms with Crippen LogP contribution in [0.1, 0.15) is 17.2 Å². The number of pyridine rings is 1. The molecule has 0 saturated heterocycles. The summed E-state index contributed by atoms with van der Waals surface area (Å²) < 4.78 is 5.86. The molecule has 0 fully saturated rings. The van der Waals surface area contributed by atoms with E-state index in [0.29, 0.717) is 0 Å². The number of benzene rings is 2. The van der Waals surface area contributed by atoms with Gasteiger partial charge in [-0.2, -0.15) is 0 Å². The number of carbonyl (C=O) groups is 1. The maximum atomic E-state index is 12.1. The van der Waals surface area contributed by atoms with Crippen molar-refractivity contribution in [2.45, 2.75) is 6.10 Å². The van der Waals surface area contributed by atoms with Crippen molar-refractivity contribution in [2.24, 2.45) is 0 Å². The number of carbonyl (C=O) groups excluding carboxylic acids is 1. The summed E-state index contributed by atoms with van der Waals surface area (Å²) in [5.41, 5.74) is 1.77. The first-order chi connectivity index (χ1) is 12.2. The average Bonchev–Trinajstić information content (AvgIpc) is 2.66. The molecule has 3 aromatic rings. The minimum absolute atomic E-state index is 0.164. The van der Waals surface area contributed by atoms with Crippen molar-refractivity contribution in [1.29, 1.82) is 0 Å². The van der Waals surface area contributed by atoms with Crippen molar-refractivity contribution in [3.63, 3.8) is 0 Å². The van der Waals surface area contributed by atoms with E-state index in [1.165, 1.54) is 6.20 Å². The second kappa shape index (κ2) is 8.08. The molecule has 0 bridgehead atoms. The molecule has 1 amide bonds. The SMILES string of the molecule is O=C(COC(c1ccccc1)c1ccccc1)Nc1ccc[nH]c1=O. The zero-order valence-corrected chi connectivity index (χ0v) is 13.5. The molecule has 0 saturated carbocycles. The van der Waals surface area contributed by atoms with Gasteiger partial charge in [0.2, 0.25) is 0 Å². The average molecular weight is 334 g/mol. The number of hydrogen-bond acceptors (Lipinski definition) is 3. The highest BCUT2D eigenvalue weighted by molar-refractivity contribution is 5.91. The van der Waals surface area contributed by atoms with Gasteiger partial charge in [0.15, 0.2) is 0 Å². The zero-order valence-electron chi connectivity index (χ0n) is 13.5.